The van der Waals surface area contributed by atoms with E-state index in [1.54, 1.807) is 31.2 Å². The third kappa shape index (κ3) is 4.41. The summed E-state index contributed by atoms with van der Waals surface area (Å²) in [5.41, 5.74) is 3.44. The van der Waals surface area contributed by atoms with Crippen molar-refractivity contribution in [3.8, 4) is 11.5 Å². The van der Waals surface area contributed by atoms with Crippen molar-refractivity contribution in [2.24, 2.45) is 0 Å². The molecule has 0 saturated heterocycles. The van der Waals surface area contributed by atoms with Crippen LogP contribution in [0.4, 0.5) is 5.69 Å². The van der Waals surface area contributed by atoms with Crippen LogP contribution in [0.5, 0.6) is 0 Å². The molecular formula is C21H20N2O4. The van der Waals surface area contributed by atoms with E-state index in [4.69, 9.17) is 4.42 Å². The summed E-state index contributed by atoms with van der Waals surface area (Å²) in [5, 5.41) is 2.77. The third-order valence-electron chi connectivity index (χ3n) is 4.05. The van der Waals surface area contributed by atoms with E-state index in [2.05, 4.69) is 15.0 Å². The maximum Gasteiger partial charge on any atom is 0.337 e. The van der Waals surface area contributed by atoms with Gasteiger partial charge in [0.15, 0.2) is 0 Å². The SMILES string of the molecule is COC(=O)c1cccc(NC(=O)Cc2nc(-c3cccc(C)c3)oc2C)c1. The predicted octanol–water partition coefficient (Wildman–Crippen LogP) is 3.93. The van der Waals surface area contributed by atoms with Crippen LogP contribution in [0.3, 0.4) is 0 Å². The minimum absolute atomic E-state index is 0.0730. The fourth-order valence-corrected chi connectivity index (χ4v) is 2.69. The molecule has 2 aromatic carbocycles. The quantitative estimate of drug-likeness (QED) is 0.694. The van der Waals surface area contributed by atoms with E-state index < -0.39 is 5.97 Å². The maximum atomic E-state index is 12.4. The van der Waals surface area contributed by atoms with Gasteiger partial charge in [-0.2, -0.15) is 0 Å². The molecule has 6 nitrogen and oxygen atoms in total. The Kier molecular flexibility index (Phi) is 5.35. The zero-order valence-corrected chi connectivity index (χ0v) is 15.4. The van der Waals surface area contributed by atoms with Crippen molar-refractivity contribution in [1.82, 2.24) is 4.98 Å². The molecular weight excluding hydrogens is 344 g/mol. The molecule has 0 radical (unpaired) electrons. The second-order valence-electron chi connectivity index (χ2n) is 6.19. The molecule has 138 valence electrons. The summed E-state index contributed by atoms with van der Waals surface area (Å²) in [7, 11) is 1.31. The number of hydrogen-bond donors (Lipinski definition) is 1. The van der Waals surface area contributed by atoms with Crippen molar-refractivity contribution in [2.45, 2.75) is 20.3 Å². The molecule has 0 unspecified atom stereocenters. The van der Waals surface area contributed by atoms with Crippen LogP contribution in [0.1, 0.15) is 27.4 Å². The smallest absolute Gasteiger partial charge is 0.337 e. The number of nitrogens with zero attached hydrogens (tertiary/aromatic N) is 1. The largest absolute Gasteiger partial charge is 0.465 e. The van der Waals surface area contributed by atoms with Crippen LogP contribution >= 0.6 is 0 Å². The molecule has 0 bridgehead atoms. The van der Waals surface area contributed by atoms with Gasteiger partial charge in [-0.05, 0) is 44.2 Å². The first kappa shape index (κ1) is 18.4. The molecule has 0 fully saturated rings. The fourth-order valence-electron chi connectivity index (χ4n) is 2.69. The van der Waals surface area contributed by atoms with Crippen LogP contribution in [-0.2, 0) is 16.0 Å². The summed E-state index contributed by atoms with van der Waals surface area (Å²) in [6.07, 6.45) is 0.0730. The Morgan fingerprint density at radius 1 is 1.11 bits per heavy atom. The number of carbonyl (C=O) groups is 2. The normalized spacial score (nSPS) is 10.5. The van der Waals surface area contributed by atoms with Crippen molar-refractivity contribution < 1.29 is 18.7 Å². The molecule has 0 saturated carbocycles. The van der Waals surface area contributed by atoms with Gasteiger partial charge < -0.3 is 14.5 Å². The Morgan fingerprint density at radius 3 is 2.63 bits per heavy atom. The molecule has 0 aliphatic rings. The molecule has 0 aliphatic heterocycles. The Labute approximate surface area is 157 Å². The van der Waals surface area contributed by atoms with Gasteiger partial charge in [0.25, 0.3) is 0 Å². The van der Waals surface area contributed by atoms with Crippen LogP contribution < -0.4 is 5.32 Å². The Balaban J connectivity index is 1.72. The zero-order chi connectivity index (χ0) is 19.4. The number of hydrogen-bond acceptors (Lipinski definition) is 5. The molecule has 1 aromatic heterocycles. The highest BCUT2D eigenvalue weighted by Crippen LogP contribution is 2.23. The number of amides is 1. The molecule has 3 rings (SSSR count). The lowest BCUT2D eigenvalue weighted by atomic mass is 10.1. The predicted molar refractivity (Wildman–Crippen MR) is 102 cm³/mol. The van der Waals surface area contributed by atoms with E-state index in [9.17, 15) is 9.59 Å². The Bertz CT molecular complexity index is 991. The number of nitrogens with one attached hydrogen (secondary N) is 1. The van der Waals surface area contributed by atoms with Crippen LogP contribution in [0, 0.1) is 13.8 Å². The van der Waals surface area contributed by atoms with Crippen LogP contribution in [-0.4, -0.2) is 24.0 Å². The molecule has 0 spiro atoms. The molecule has 0 aliphatic carbocycles. The first-order chi connectivity index (χ1) is 13.0. The minimum atomic E-state index is -0.457. The van der Waals surface area contributed by atoms with Crippen molar-refractivity contribution in [1.29, 1.82) is 0 Å². The first-order valence-electron chi connectivity index (χ1n) is 8.48. The highest BCUT2D eigenvalue weighted by atomic mass is 16.5. The third-order valence-corrected chi connectivity index (χ3v) is 4.05. The zero-order valence-electron chi connectivity index (χ0n) is 15.4. The van der Waals surface area contributed by atoms with Crippen molar-refractivity contribution in [2.75, 3.05) is 12.4 Å². The molecule has 1 N–H and O–H groups in total. The maximum absolute atomic E-state index is 12.4. The van der Waals surface area contributed by atoms with E-state index in [1.165, 1.54) is 7.11 Å². The number of benzene rings is 2. The van der Waals surface area contributed by atoms with Gasteiger partial charge in [0.2, 0.25) is 11.8 Å². The number of esters is 1. The van der Waals surface area contributed by atoms with Gasteiger partial charge in [0, 0.05) is 11.3 Å². The van der Waals surface area contributed by atoms with Crippen molar-refractivity contribution in [3.05, 3.63) is 71.1 Å². The topological polar surface area (TPSA) is 81.4 Å². The molecule has 1 heterocycles. The summed E-state index contributed by atoms with van der Waals surface area (Å²) < 4.78 is 10.4. The standard InChI is InChI=1S/C21H20N2O4/c1-13-6-4-7-15(10-13)20-23-18(14(2)27-20)12-19(24)22-17-9-5-8-16(11-17)21(25)26-3/h4-11H,12H2,1-3H3,(H,22,24). The number of oxazole rings is 1. The number of carbonyl (C=O) groups excluding carboxylic acids is 2. The lowest BCUT2D eigenvalue weighted by molar-refractivity contribution is -0.115. The molecule has 0 atom stereocenters. The minimum Gasteiger partial charge on any atom is -0.465 e. The number of aryl methyl sites for hydroxylation is 2. The average Bonchev–Trinajstić information content (AvgIpc) is 3.01. The lowest BCUT2D eigenvalue weighted by Gasteiger charge is -2.06. The summed E-state index contributed by atoms with van der Waals surface area (Å²) in [6.45, 7) is 3.78. The van der Waals surface area contributed by atoms with E-state index in [0.717, 1.165) is 11.1 Å². The number of aromatic nitrogens is 1. The average molecular weight is 364 g/mol. The highest BCUT2D eigenvalue weighted by Gasteiger charge is 2.15. The van der Waals surface area contributed by atoms with Crippen LogP contribution in [0.15, 0.2) is 52.9 Å². The molecule has 3 aromatic rings. The van der Waals surface area contributed by atoms with Gasteiger partial charge in [-0.1, -0.05) is 23.8 Å². The van der Waals surface area contributed by atoms with Gasteiger partial charge in [0.05, 0.1) is 24.8 Å². The van der Waals surface area contributed by atoms with E-state index in [1.807, 2.05) is 31.2 Å². The van der Waals surface area contributed by atoms with Crippen LogP contribution in [0.25, 0.3) is 11.5 Å². The number of ether oxygens (including phenoxy) is 1. The Hall–Kier alpha value is -3.41. The summed E-state index contributed by atoms with van der Waals surface area (Å²) in [6, 6.07) is 14.4. The second kappa shape index (κ2) is 7.86. The number of rotatable bonds is 5. The first-order valence-corrected chi connectivity index (χ1v) is 8.48. The second-order valence-corrected chi connectivity index (χ2v) is 6.19. The summed E-state index contributed by atoms with van der Waals surface area (Å²) in [5.74, 6) is 0.391. The number of anilines is 1. The number of methoxy groups -OCH3 is 1. The summed E-state index contributed by atoms with van der Waals surface area (Å²) >= 11 is 0. The lowest BCUT2D eigenvalue weighted by Crippen LogP contribution is -2.15. The molecule has 6 heteroatoms. The van der Waals surface area contributed by atoms with E-state index in [-0.39, 0.29) is 12.3 Å². The van der Waals surface area contributed by atoms with Crippen molar-refractivity contribution >= 4 is 17.6 Å². The van der Waals surface area contributed by atoms with Crippen molar-refractivity contribution in [3.63, 3.8) is 0 Å². The fraction of sp³-hybridized carbons (Fsp3) is 0.190. The van der Waals surface area contributed by atoms with Gasteiger partial charge in [-0.15, -0.1) is 0 Å². The Morgan fingerprint density at radius 2 is 1.89 bits per heavy atom. The summed E-state index contributed by atoms with van der Waals surface area (Å²) in [4.78, 5) is 28.4. The van der Waals surface area contributed by atoms with Crippen LogP contribution in [0.2, 0.25) is 0 Å². The molecule has 1 amide bonds. The van der Waals surface area contributed by atoms with Gasteiger partial charge in [0.1, 0.15) is 5.76 Å². The van der Waals surface area contributed by atoms with Gasteiger partial charge in [-0.25, -0.2) is 9.78 Å². The van der Waals surface area contributed by atoms with E-state index >= 15 is 0 Å². The molecule has 27 heavy (non-hydrogen) atoms. The van der Waals surface area contributed by atoms with Gasteiger partial charge >= 0.3 is 5.97 Å². The monoisotopic (exact) mass is 364 g/mol. The highest BCUT2D eigenvalue weighted by molar-refractivity contribution is 5.95. The van der Waals surface area contributed by atoms with E-state index in [0.29, 0.717) is 28.6 Å². The van der Waals surface area contributed by atoms with Gasteiger partial charge in [-0.3, -0.25) is 4.79 Å².